The van der Waals surface area contributed by atoms with E-state index >= 15 is 0 Å². The average Bonchev–Trinajstić information content (AvgIpc) is 2.94. The molecule has 194 valence electrons. The van der Waals surface area contributed by atoms with E-state index in [1.165, 1.54) is 24.1 Å². The van der Waals surface area contributed by atoms with Gasteiger partial charge in [-0.3, -0.25) is 13.9 Å². The second kappa shape index (κ2) is 11.3. The number of hydrogen-bond donors (Lipinski definition) is 1. The van der Waals surface area contributed by atoms with Gasteiger partial charge in [-0.1, -0.05) is 48.5 Å². The molecule has 1 aliphatic heterocycles. The number of anilines is 1. The molecule has 0 saturated heterocycles. The van der Waals surface area contributed by atoms with Crippen LogP contribution in [-0.4, -0.2) is 58.0 Å². The topological polar surface area (TPSA) is 105 Å². The molecule has 1 unspecified atom stereocenters. The van der Waals surface area contributed by atoms with Crippen molar-refractivity contribution in [2.45, 2.75) is 24.4 Å². The maximum atomic E-state index is 13.8. The van der Waals surface area contributed by atoms with E-state index in [0.29, 0.717) is 24.7 Å². The van der Waals surface area contributed by atoms with Crippen LogP contribution in [-0.2, 0) is 26.2 Å². The molecule has 3 aromatic rings. The van der Waals surface area contributed by atoms with Gasteiger partial charge < -0.3 is 19.7 Å². The highest BCUT2D eigenvalue weighted by Gasteiger charge is 2.33. The highest BCUT2D eigenvalue weighted by molar-refractivity contribution is 7.92. The first-order valence-electron chi connectivity index (χ1n) is 11.8. The van der Waals surface area contributed by atoms with Crippen LogP contribution in [0.5, 0.6) is 11.5 Å². The number of likely N-dealkylation sites (N-methyl/N-ethyl adjacent to an activating group) is 1. The molecule has 1 N–H and O–H groups in total. The fourth-order valence-corrected chi connectivity index (χ4v) is 5.43. The van der Waals surface area contributed by atoms with Gasteiger partial charge in [0.2, 0.25) is 11.8 Å². The Morgan fingerprint density at radius 3 is 2.19 bits per heavy atom. The monoisotopic (exact) mass is 523 g/mol. The molecule has 3 aromatic carbocycles. The van der Waals surface area contributed by atoms with Crippen molar-refractivity contribution in [1.29, 1.82) is 0 Å². The summed E-state index contributed by atoms with van der Waals surface area (Å²) in [5.41, 5.74) is 1.05. The smallest absolute Gasteiger partial charge is 0.264 e. The van der Waals surface area contributed by atoms with Gasteiger partial charge in [0, 0.05) is 19.7 Å². The minimum atomic E-state index is -4.14. The van der Waals surface area contributed by atoms with Gasteiger partial charge in [-0.15, -0.1) is 0 Å². The molecule has 0 spiro atoms. The third-order valence-electron chi connectivity index (χ3n) is 6.03. The number of benzene rings is 3. The molecular weight excluding hydrogens is 494 g/mol. The molecule has 1 aliphatic rings. The molecule has 0 aromatic heterocycles. The standard InChI is InChI=1S/C27H29N3O6S/c1-20(27(32)28-2)29(18-21-9-5-3-6-10-21)26(31)19-30(37(33,34)23-11-7-4-8-12-23)22-13-14-24-25(17-22)36-16-15-35-24/h3-14,17,20H,15-16,18-19H2,1-2H3,(H,28,32). The third kappa shape index (κ3) is 5.86. The van der Waals surface area contributed by atoms with Crippen molar-refractivity contribution >= 4 is 27.5 Å². The van der Waals surface area contributed by atoms with E-state index in [1.54, 1.807) is 43.3 Å². The van der Waals surface area contributed by atoms with E-state index in [1.807, 2.05) is 30.3 Å². The fraction of sp³-hybridized carbons (Fsp3) is 0.259. The quantitative estimate of drug-likeness (QED) is 0.463. The molecule has 2 amide bonds. The summed E-state index contributed by atoms with van der Waals surface area (Å²) in [6.07, 6.45) is 0. The molecule has 4 rings (SSSR count). The van der Waals surface area contributed by atoms with Crippen LogP contribution in [0.25, 0.3) is 0 Å². The molecule has 1 heterocycles. The predicted octanol–water partition coefficient (Wildman–Crippen LogP) is 2.82. The van der Waals surface area contributed by atoms with Crippen LogP contribution >= 0.6 is 0 Å². The number of hydrogen-bond acceptors (Lipinski definition) is 6. The maximum Gasteiger partial charge on any atom is 0.264 e. The minimum absolute atomic E-state index is 0.0339. The highest BCUT2D eigenvalue weighted by atomic mass is 32.2. The van der Waals surface area contributed by atoms with Crippen LogP contribution in [0.2, 0.25) is 0 Å². The molecule has 0 fully saturated rings. The number of ether oxygens (including phenoxy) is 2. The Hall–Kier alpha value is -4.05. The molecule has 0 saturated carbocycles. The van der Waals surface area contributed by atoms with Crippen LogP contribution in [0.15, 0.2) is 83.8 Å². The zero-order valence-electron chi connectivity index (χ0n) is 20.7. The van der Waals surface area contributed by atoms with Gasteiger partial charge >= 0.3 is 0 Å². The molecule has 0 radical (unpaired) electrons. The third-order valence-corrected chi connectivity index (χ3v) is 7.82. The van der Waals surface area contributed by atoms with Crippen LogP contribution < -0.4 is 19.1 Å². The SMILES string of the molecule is CNC(=O)C(C)N(Cc1ccccc1)C(=O)CN(c1ccc2c(c1)OCCO2)S(=O)(=O)c1ccccc1. The Balaban J connectivity index is 1.73. The van der Waals surface area contributed by atoms with E-state index in [-0.39, 0.29) is 23.0 Å². The number of carbonyl (C=O) groups excluding carboxylic acids is 2. The summed E-state index contributed by atoms with van der Waals surface area (Å²) in [5, 5.41) is 2.57. The number of carbonyl (C=O) groups is 2. The van der Waals surface area contributed by atoms with Crippen LogP contribution in [0.3, 0.4) is 0 Å². The van der Waals surface area contributed by atoms with Crippen molar-refractivity contribution in [2.75, 3.05) is 31.1 Å². The summed E-state index contributed by atoms with van der Waals surface area (Å²) in [6, 6.07) is 21.0. The minimum Gasteiger partial charge on any atom is -0.486 e. The van der Waals surface area contributed by atoms with Gasteiger partial charge in [0.05, 0.1) is 10.6 Å². The molecule has 9 nitrogen and oxygen atoms in total. The Morgan fingerprint density at radius 2 is 1.54 bits per heavy atom. The zero-order valence-corrected chi connectivity index (χ0v) is 21.5. The summed E-state index contributed by atoms with van der Waals surface area (Å²) in [4.78, 5) is 27.7. The van der Waals surface area contributed by atoms with Crippen LogP contribution in [0.4, 0.5) is 5.69 Å². The van der Waals surface area contributed by atoms with E-state index in [9.17, 15) is 18.0 Å². The largest absolute Gasteiger partial charge is 0.486 e. The van der Waals surface area contributed by atoms with Gasteiger partial charge in [0.15, 0.2) is 11.5 Å². The Bertz CT molecular complexity index is 1350. The summed E-state index contributed by atoms with van der Waals surface area (Å²) in [5.74, 6) is -0.00270. The van der Waals surface area contributed by atoms with Crippen molar-refractivity contribution in [3.63, 3.8) is 0 Å². The summed E-state index contributed by atoms with van der Waals surface area (Å²) >= 11 is 0. The predicted molar refractivity (Wildman–Crippen MR) is 139 cm³/mol. The fourth-order valence-electron chi connectivity index (χ4n) is 4.01. The van der Waals surface area contributed by atoms with Crippen molar-refractivity contribution < 1.29 is 27.5 Å². The maximum absolute atomic E-state index is 13.8. The van der Waals surface area contributed by atoms with Crippen LogP contribution in [0.1, 0.15) is 12.5 Å². The molecule has 37 heavy (non-hydrogen) atoms. The lowest BCUT2D eigenvalue weighted by atomic mass is 10.1. The number of nitrogens with one attached hydrogen (secondary N) is 1. The number of nitrogens with zero attached hydrogens (tertiary/aromatic N) is 2. The molecule has 0 bridgehead atoms. The summed E-state index contributed by atoms with van der Waals surface area (Å²) in [7, 11) is -2.65. The van der Waals surface area contributed by atoms with Gasteiger partial charge in [0.25, 0.3) is 10.0 Å². The Morgan fingerprint density at radius 1 is 0.919 bits per heavy atom. The molecule has 1 atom stereocenters. The number of rotatable bonds is 9. The Labute approximate surface area is 216 Å². The lowest BCUT2D eigenvalue weighted by molar-refractivity contribution is -0.139. The molecule has 0 aliphatic carbocycles. The first kappa shape index (κ1) is 26.0. The van der Waals surface area contributed by atoms with E-state index in [2.05, 4.69) is 5.32 Å². The lowest BCUT2D eigenvalue weighted by Crippen LogP contribution is -2.50. The van der Waals surface area contributed by atoms with Gasteiger partial charge in [0.1, 0.15) is 25.8 Å². The number of amides is 2. The van der Waals surface area contributed by atoms with Crippen molar-refractivity contribution in [2.24, 2.45) is 0 Å². The normalized spacial score (nSPS) is 13.4. The lowest BCUT2D eigenvalue weighted by Gasteiger charge is -2.32. The zero-order chi connectivity index (χ0) is 26.4. The summed E-state index contributed by atoms with van der Waals surface area (Å²) in [6.45, 7) is 1.94. The van der Waals surface area contributed by atoms with Gasteiger partial charge in [-0.2, -0.15) is 0 Å². The number of fused-ring (bicyclic) bond motifs is 1. The van der Waals surface area contributed by atoms with Crippen molar-refractivity contribution in [1.82, 2.24) is 10.2 Å². The first-order valence-corrected chi connectivity index (χ1v) is 13.3. The summed E-state index contributed by atoms with van der Waals surface area (Å²) < 4.78 is 39.8. The van der Waals surface area contributed by atoms with Crippen LogP contribution in [0, 0.1) is 0 Å². The van der Waals surface area contributed by atoms with Crippen molar-refractivity contribution in [3.8, 4) is 11.5 Å². The molecule has 10 heteroatoms. The second-order valence-electron chi connectivity index (χ2n) is 8.45. The average molecular weight is 524 g/mol. The van der Waals surface area contributed by atoms with E-state index in [0.717, 1.165) is 9.87 Å². The van der Waals surface area contributed by atoms with E-state index in [4.69, 9.17) is 9.47 Å². The first-order chi connectivity index (χ1) is 17.8. The second-order valence-corrected chi connectivity index (χ2v) is 10.3. The Kier molecular flexibility index (Phi) is 7.98. The highest BCUT2D eigenvalue weighted by Crippen LogP contribution is 2.35. The van der Waals surface area contributed by atoms with E-state index < -0.39 is 28.5 Å². The van der Waals surface area contributed by atoms with Gasteiger partial charge in [-0.05, 0) is 36.8 Å². The molecular formula is C27H29N3O6S. The van der Waals surface area contributed by atoms with Crippen molar-refractivity contribution in [3.05, 3.63) is 84.4 Å². The van der Waals surface area contributed by atoms with Gasteiger partial charge in [-0.25, -0.2) is 8.42 Å². The number of sulfonamides is 1.